The average Bonchev–Trinajstić information content (AvgIpc) is 3.22. The summed E-state index contributed by atoms with van der Waals surface area (Å²) in [6, 6.07) is 11.7. The minimum Gasteiger partial charge on any atom is -0.294 e. The highest BCUT2D eigenvalue weighted by molar-refractivity contribution is 7.99. The minimum atomic E-state index is -0.378. The van der Waals surface area contributed by atoms with E-state index >= 15 is 0 Å². The van der Waals surface area contributed by atoms with E-state index in [1.54, 1.807) is 12.1 Å². The lowest BCUT2D eigenvalue weighted by atomic mass is 10.1. The number of Topliss-reactive ketones (excluding diaryl/α,β-unsaturated/α-hetero) is 1. The fourth-order valence-electron chi connectivity index (χ4n) is 3.80. The lowest BCUT2D eigenvalue weighted by Gasteiger charge is -2.31. The second kappa shape index (κ2) is 9.70. The lowest BCUT2D eigenvalue weighted by molar-refractivity contribution is 0.102. The summed E-state index contributed by atoms with van der Waals surface area (Å²) in [5.74, 6) is 0.0949. The Morgan fingerprint density at radius 1 is 0.968 bits per heavy atom. The molecule has 0 aliphatic carbocycles. The molecule has 1 aromatic heterocycles. The van der Waals surface area contributed by atoms with E-state index in [-0.39, 0.29) is 29.2 Å². The highest BCUT2D eigenvalue weighted by Gasteiger charge is 2.26. The number of thioether (sulfide) groups is 1. The quantitative estimate of drug-likeness (QED) is 0.378. The molecule has 162 valence electrons. The Morgan fingerprint density at radius 2 is 1.58 bits per heavy atom. The first-order chi connectivity index (χ1) is 15.0. The van der Waals surface area contributed by atoms with Crippen LogP contribution >= 0.6 is 11.8 Å². The minimum absolute atomic E-state index is 0.0417. The second-order valence-corrected chi connectivity index (χ2v) is 8.59. The van der Waals surface area contributed by atoms with Gasteiger partial charge in [0, 0.05) is 11.3 Å². The Morgan fingerprint density at radius 3 is 2.23 bits per heavy atom. The van der Waals surface area contributed by atoms with Gasteiger partial charge in [-0.3, -0.25) is 14.3 Å². The van der Waals surface area contributed by atoms with Gasteiger partial charge in [-0.25, -0.2) is 8.78 Å². The highest BCUT2D eigenvalue weighted by Crippen LogP contribution is 2.29. The molecule has 2 heterocycles. The van der Waals surface area contributed by atoms with Crippen LogP contribution in [0.15, 0.2) is 53.7 Å². The van der Waals surface area contributed by atoms with Crippen LogP contribution in [0.25, 0.3) is 5.69 Å². The third-order valence-electron chi connectivity index (χ3n) is 5.55. The summed E-state index contributed by atoms with van der Waals surface area (Å²) >= 11 is 1.27. The Balaban J connectivity index is 1.60. The summed E-state index contributed by atoms with van der Waals surface area (Å²) in [5, 5.41) is 9.37. The molecule has 1 fully saturated rings. The van der Waals surface area contributed by atoms with Crippen molar-refractivity contribution >= 4 is 17.5 Å². The fourth-order valence-corrected chi connectivity index (χ4v) is 4.65. The van der Waals surface area contributed by atoms with E-state index in [0.717, 1.165) is 37.4 Å². The first-order valence-corrected chi connectivity index (χ1v) is 11.4. The number of piperidine rings is 1. The average molecular weight is 443 g/mol. The Bertz CT molecular complexity index is 1030. The number of hydrogen-bond donors (Lipinski definition) is 0. The van der Waals surface area contributed by atoms with Gasteiger partial charge in [-0.05, 0) is 81.4 Å². The van der Waals surface area contributed by atoms with Gasteiger partial charge in [0.25, 0.3) is 0 Å². The van der Waals surface area contributed by atoms with Crippen LogP contribution in [0.2, 0.25) is 0 Å². The molecule has 1 atom stereocenters. The number of carbonyl (C=O) groups excluding carboxylic acids is 1. The first-order valence-electron chi connectivity index (χ1n) is 10.4. The maximum Gasteiger partial charge on any atom is 0.196 e. The zero-order valence-electron chi connectivity index (χ0n) is 17.3. The summed E-state index contributed by atoms with van der Waals surface area (Å²) in [7, 11) is 0. The van der Waals surface area contributed by atoms with Crippen molar-refractivity contribution in [3.8, 4) is 5.69 Å². The van der Waals surface area contributed by atoms with Crippen molar-refractivity contribution in [1.82, 2.24) is 19.7 Å². The van der Waals surface area contributed by atoms with Gasteiger partial charge in [-0.1, -0.05) is 18.2 Å². The van der Waals surface area contributed by atoms with Gasteiger partial charge in [-0.15, -0.1) is 10.2 Å². The number of carbonyl (C=O) groups is 1. The molecule has 1 aliphatic rings. The zero-order valence-corrected chi connectivity index (χ0v) is 18.1. The maximum atomic E-state index is 13.5. The second-order valence-electron chi connectivity index (χ2n) is 7.64. The highest BCUT2D eigenvalue weighted by atomic mass is 32.2. The topological polar surface area (TPSA) is 51.0 Å². The first kappa shape index (κ1) is 21.6. The Hall–Kier alpha value is -2.58. The van der Waals surface area contributed by atoms with Crippen LogP contribution in [-0.2, 0) is 0 Å². The predicted octanol–water partition coefficient (Wildman–Crippen LogP) is 5.07. The normalized spacial score (nSPS) is 15.7. The van der Waals surface area contributed by atoms with Crippen molar-refractivity contribution < 1.29 is 13.6 Å². The van der Waals surface area contributed by atoms with Crippen LogP contribution in [0, 0.1) is 11.6 Å². The standard InChI is InChI=1S/C23H24F2N4OS/c1-16(28-13-3-2-4-14-28)22-26-27-23(29(22)20-11-9-19(25)10-12-20)31-15-21(30)17-5-7-18(24)8-6-17/h5-12,16H,2-4,13-15H2,1H3. The number of benzene rings is 2. The zero-order chi connectivity index (χ0) is 21.8. The van der Waals surface area contributed by atoms with E-state index in [0.29, 0.717) is 10.7 Å². The summed E-state index contributed by atoms with van der Waals surface area (Å²) in [4.78, 5) is 14.9. The number of aromatic nitrogens is 3. The number of rotatable bonds is 7. The molecule has 0 bridgehead atoms. The van der Waals surface area contributed by atoms with Crippen LogP contribution in [0.1, 0.15) is 48.4 Å². The van der Waals surface area contributed by atoms with Crippen molar-refractivity contribution in [3.63, 3.8) is 0 Å². The Kier molecular flexibility index (Phi) is 6.77. The van der Waals surface area contributed by atoms with Gasteiger partial charge < -0.3 is 0 Å². The number of ketones is 1. The third-order valence-corrected chi connectivity index (χ3v) is 6.48. The van der Waals surface area contributed by atoms with E-state index < -0.39 is 0 Å². The molecule has 8 heteroatoms. The maximum absolute atomic E-state index is 13.5. The van der Waals surface area contributed by atoms with E-state index in [9.17, 15) is 13.6 Å². The van der Waals surface area contributed by atoms with Crippen molar-refractivity contribution in [1.29, 1.82) is 0 Å². The van der Waals surface area contributed by atoms with Crippen LogP contribution in [0.4, 0.5) is 8.78 Å². The van der Waals surface area contributed by atoms with E-state index in [4.69, 9.17) is 0 Å². The number of likely N-dealkylation sites (tertiary alicyclic amines) is 1. The van der Waals surface area contributed by atoms with Crippen LogP contribution in [0.5, 0.6) is 0 Å². The van der Waals surface area contributed by atoms with Crippen LogP contribution in [0.3, 0.4) is 0 Å². The summed E-state index contributed by atoms with van der Waals surface area (Å²) in [6.07, 6.45) is 3.55. The molecular weight excluding hydrogens is 418 g/mol. The number of hydrogen-bond acceptors (Lipinski definition) is 5. The molecule has 1 aliphatic heterocycles. The van der Waals surface area contributed by atoms with Gasteiger partial charge in [-0.2, -0.15) is 0 Å². The van der Waals surface area contributed by atoms with Crippen molar-refractivity contribution in [2.24, 2.45) is 0 Å². The third kappa shape index (κ3) is 5.02. The molecule has 0 saturated carbocycles. The van der Waals surface area contributed by atoms with Crippen molar-refractivity contribution in [3.05, 3.63) is 71.6 Å². The molecule has 0 radical (unpaired) electrons. The van der Waals surface area contributed by atoms with Gasteiger partial charge in [0.15, 0.2) is 16.8 Å². The summed E-state index contributed by atoms with van der Waals surface area (Å²) in [6.45, 7) is 4.11. The molecule has 0 N–H and O–H groups in total. The molecule has 3 aromatic rings. The molecule has 4 rings (SSSR count). The monoisotopic (exact) mass is 442 g/mol. The summed E-state index contributed by atoms with van der Waals surface area (Å²) in [5.41, 5.74) is 1.20. The fraction of sp³-hybridized carbons (Fsp3) is 0.348. The van der Waals surface area contributed by atoms with Crippen molar-refractivity contribution in [2.75, 3.05) is 18.8 Å². The number of nitrogens with zero attached hydrogens (tertiary/aromatic N) is 4. The Labute approximate surface area is 184 Å². The molecule has 1 unspecified atom stereocenters. The van der Waals surface area contributed by atoms with E-state index in [2.05, 4.69) is 22.0 Å². The van der Waals surface area contributed by atoms with E-state index in [1.165, 1.54) is 54.6 Å². The number of halogens is 2. The smallest absolute Gasteiger partial charge is 0.196 e. The van der Waals surface area contributed by atoms with Gasteiger partial charge in [0.1, 0.15) is 11.6 Å². The summed E-state index contributed by atoms with van der Waals surface area (Å²) < 4.78 is 28.6. The largest absolute Gasteiger partial charge is 0.294 e. The predicted molar refractivity (Wildman–Crippen MR) is 117 cm³/mol. The molecular formula is C23H24F2N4OS. The van der Waals surface area contributed by atoms with Crippen LogP contribution in [-0.4, -0.2) is 44.3 Å². The molecule has 0 spiro atoms. The van der Waals surface area contributed by atoms with Gasteiger partial charge >= 0.3 is 0 Å². The molecule has 0 amide bonds. The molecule has 5 nitrogen and oxygen atoms in total. The van der Waals surface area contributed by atoms with Gasteiger partial charge in [0.2, 0.25) is 0 Å². The van der Waals surface area contributed by atoms with Crippen LogP contribution < -0.4 is 0 Å². The lowest BCUT2D eigenvalue weighted by Crippen LogP contribution is -2.33. The SMILES string of the molecule is CC(c1nnc(SCC(=O)c2ccc(F)cc2)n1-c1ccc(F)cc1)N1CCCCC1. The van der Waals surface area contributed by atoms with Crippen molar-refractivity contribution in [2.45, 2.75) is 37.4 Å². The van der Waals surface area contributed by atoms with Gasteiger partial charge in [0.05, 0.1) is 11.8 Å². The molecule has 31 heavy (non-hydrogen) atoms. The molecule has 1 saturated heterocycles. The molecule has 2 aromatic carbocycles. The van der Waals surface area contributed by atoms with E-state index in [1.807, 2.05) is 4.57 Å².